The van der Waals surface area contributed by atoms with Gasteiger partial charge < -0.3 is 10.1 Å². The lowest BCUT2D eigenvalue weighted by Crippen LogP contribution is -2.34. The molecule has 0 aromatic heterocycles. The monoisotopic (exact) mass is 362 g/mol. The van der Waals surface area contributed by atoms with Crippen LogP contribution in [0.4, 0.5) is 5.69 Å². The Hall–Kier alpha value is -2.34. The van der Waals surface area contributed by atoms with Gasteiger partial charge in [0.25, 0.3) is 0 Å². The third-order valence-corrected chi connectivity index (χ3v) is 4.91. The Morgan fingerprint density at radius 2 is 1.92 bits per heavy atom. The van der Waals surface area contributed by atoms with Gasteiger partial charge in [-0.25, -0.2) is 0 Å². The van der Waals surface area contributed by atoms with Crippen molar-refractivity contribution in [3.05, 3.63) is 35.4 Å². The molecule has 7 heteroatoms. The zero-order valence-electron chi connectivity index (χ0n) is 13.8. The number of carbonyl (C=O) groups is 3. The Labute approximate surface area is 150 Å². The number of hydrogen-bond acceptors (Lipinski definition) is 4. The van der Waals surface area contributed by atoms with Crippen molar-refractivity contribution in [2.24, 2.45) is 11.8 Å². The molecule has 1 aromatic rings. The number of benzene rings is 1. The normalized spacial score (nSPS) is 22.5. The minimum absolute atomic E-state index is 0.0596. The summed E-state index contributed by atoms with van der Waals surface area (Å²) in [5.74, 6) is -0.696. The number of nitrogens with one attached hydrogen (secondary N) is 1. The van der Waals surface area contributed by atoms with Crippen LogP contribution in [0.25, 0.3) is 0 Å². The van der Waals surface area contributed by atoms with E-state index in [2.05, 4.69) is 5.32 Å². The van der Waals surface area contributed by atoms with Gasteiger partial charge in [0.05, 0.1) is 18.9 Å². The Balaban J connectivity index is 1.55. The number of amides is 3. The number of fused-ring (bicyclic) bond motifs is 1. The van der Waals surface area contributed by atoms with E-state index in [1.165, 1.54) is 4.90 Å². The van der Waals surface area contributed by atoms with Gasteiger partial charge in [0.2, 0.25) is 17.7 Å². The van der Waals surface area contributed by atoms with E-state index in [4.69, 9.17) is 16.3 Å². The van der Waals surface area contributed by atoms with Crippen LogP contribution in [0.1, 0.15) is 19.3 Å². The summed E-state index contributed by atoms with van der Waals surface area (Å²) in [6.07, 6.45) is 2.76. The van der Waals surface area contributed by atoms with E-state index in [0.29, 0.717) is 29.3 Å². The van der Waals surface area contributed by atoms with Gasteiger partial charge in [-0.05, 0) is 37.1 Å². The van der Waals surface area contributed by atoms with Gasteiger partial charge in [-0.15, -0.1) is 0 Å². The molecule has 0 spiro atoms. The number of ether oxygens (including phenoxy) is 1. The second-order valence-corrected chi connectivity index (χ2v) is 6.64. The molecule has 132 valence electrons. The van der Waals surface area contributed by atoms with Crippen molar-refractivity contribution < 1.29 is 19.1 Å². The van der Waals surface area contributed by atoms with Gasteiger partial charge >= 0.3 is 0 Å². The summed E-state index contributed by atoms with van der Waals surface area (Å²) in [7, 11) is 1.57. The van der Waals surface area contributed by atoms with E-state index in [-0.39, 0.29) is 42.5 Å². The quantitative estimate of drug-likeness (QED) is 0.817. The molecule has 3 amide bonds. The fourth-order valence-electron chi connectivity index (χ4n) is 3.23. The number of imide groups is 1. The Morgan fingerprint density at radius 1 is 1.24 bits per heavy atom. The second kappa shape index (κ2) is 7.27. The van der Waals surface area contributed by atoms with Crippen molar-refractivity contribution in [2.45, 2.75) is 19.3 Å². The van der Waals surface area contributed by atoms with Gasteiger partial charge in [0.15, 0.2) is 0 Å². The number of hydrogen-bond donors (Lipinski definition) is 1. The molecular weight excluding hydrogens is 344 g/mol. The number of likely N-dealkylation sites (tertiary alicyclic amines) is 1. The van der Waals surface area contributed by atoms with Gasteiger partial charge in [0, 0.05) is 23.7 Å². The number of halogens is 1. The smallest absolute Gasteiger partial charge is 0.233 e. The number of anilines is 1. The van der Waals surface area contributed by atoms with Crippen LogP contribution >= 0.6 is 11.6 Å². The minimum Gasteiger partial charge on any atom is -0.497 e. The highest BCUT2D eigenvalue weighted by molar-refractivity contribution is 6.30. The third-order valence-electron chi connectivity index (χ3n) is 4.60. The third kappa shape index (κ3) is 3.69. The van der Waals surface area contributed by atoms with Crippen molar-refractivity contribution in [2.75, 3.05) is 19.0 Å². The average Bonchev–Trinajstić information content (AvgIpc) is 2.84. The van der Waals surface area contributed by atoms with Crippen LogP contribution in [-0.4, -0.2) is 36.3 Å². The second-order valence-electron chi connectivity index (χ2n) is 6.16. The van der Waals surface area contributed by atoms with Crippen LogP contribution in [0.3, 0.4) is 0 Å². The fourth-order valence-corrected chi connectivity index (χ4v) is 3.48. The number of allylic oxidation sites excluding steroid dienone is 2. The van der Waals surface area contributed by atoms with Crippen molar-refractivity contribution in [3.8, 4) is 5.75 Å². The van der Waals surface area contributed by atoms with Gasteiger partial charge in [-0.1, -0.05) is 17.7 Å². The first-order chi connectivity index (χ1) is 12.0. The summed E-state index contributed by atoms with van der Waals surface area (Å²) in [4.78, 5) is 38.1. The van der Waals surface area contributed by atoms with Crippen LogP contribution in [0.15, 0.2) is 35.4 Å². The average molecular weight is 363 g/mol. The van der Waals surface area contributed by atoms with Crippen LogP contribution in [-0.2, 0) is 14.4 Å². The van der Waals surface area contributed by atoms with Crippen LogP contribution in [0, 0.1) is 11.8 Å². The van der Waals surface area contributed by atoms with Gasteiger partial charge in [-0.3, -0.25) is 19.3 Å². The molecule has 0 saturated carbocycles. The summed E-state index contributed by atoms with van der Waals surface area (Å²) in [5.41, 5.74) is 0.634. The van der Waals surface area contributed by atoms with Crippen molar-refractivity contribution in [1.82, 2.24) is 4.90 Å². The van der Waals surface area contributed by atoms with Gasteiger partial charge in [-0.2, -0.15) is 0 Å². The van der Waals surface area contributed by atoms with E-state index < -0.39 is 0 Å². The molecule has 0 bridgehead atoms. The minimum atomic E-state index is -0.380. The lowest BCUT2D eigenvalue weighted by Gasteiger charge is -2.17. The molecule has 1 aliphatic heterocycles. The SMILES string of the molecule is COc1ccc(NC(=O)CCN2C(=O)[C@H]3CC=C(Cl)C[C@H]3C2=O)cc1. The topological polar surface area (TPSA) is 75.7 Å². The summed E-state index contributed by atoms with van der Waals surface area (Å²) < 4.78 is 5.06. The molecule has 1 aliphatic carbocycles. The number of nitrogens with zero attached hydrogens (tertiary/aromatic N) is 1. The van der Waals surface area contributed by atoms with Crippen LogP contribution in [0.2, 0.25) is 0 Å². The van der Waals surface area contributed by atoms with Crippen LogP contribution in [0.5, 0.6) is 5.75 Å². The predicted octanol–water partition coefficient (Wildman–Crippen LogP) is 2.54. The fraction of sp³-hybridized carbons (Fsp3) is 0.389. The molecule has 1 aromatic carbocycles. The Bertz CT molecular complexity index is 729. The van der Waals surface area contributed by atoms with E-state index in [1.807, 2.05) is 0 Å². The molecule has 1 N–H and O–H groups in total. The lowest BCUT2D eigenvalue weighted by molar-refractivity contribution is -0.140. The zero-order valence-corrected chi connectivity index (χ0v) is 14.6. The maximum atomic E-state index is 12.4. The maximum Gasteiger partial charge on any atom is 0.233 e. The number of methoxy groups -OCH3 is 1. The molecule has 2 aliphatic rings. The largest absolute Gasteiger partial charge is 0.497 e. The first-order valence-corrected chi connectivity index (χ1v) is 8.51. The number of rotatable bonds is 5. The molecule has 0 unspecified atom stereocenters. The summed E-state index contributed by atoms with van der Waals surface area (Å²) in [6, 6.07) is 6.94. The number of carbonyl (C=O) groups excluding carboxylic acids is 3. The molecule has 1 saturated heterocycles. The molecule has 0 radical (unpaired) electrons. The summed E-state index contributed by atoms with van der Waals surface area (Å²) in [6.45, 7) is 0.0876. The first kappa shape index (κ1) is 17.5. The standard InChI is InChI=1S/C18H19ClN2O4/c1-25-13-5-3-12(4-6-13)20-16(22)8-9-21-17(23)14-7-2-11(19)10-15(14)18(21)24/h2-6,14-15H,7-10H2,1H3,(H,20,22)/t14-,15+/m0/s1. The molecule has 1 heterocycles. The summed E-state index contributed by atoms with van der Waals surface area (Å²) >= 11 is 5.99. The Kier molecular flexibility index (Phi) is 5.08. The summed E-state index contributed by atoms with van der Waals surface area (Å²) in [5, 5.41) is 3.37. The van der Waals surface area contributed by atoms with E-state index in [0.717, 1.165) is 0 Å². The van der Waals surface area contributed by atoms with E-state index >= 15 is 0 Å². The molecule has 6 nitrogen and oxygen atoms in total. The van der Waals surface area contributed by atoms with E-state index in [9.17, 15) is 14.4 Å². The molecule has 3 rings (SSSR count). The highest BCUT2D eigenvalue weighted by Crippen LogP contribution is 2.38. The highest BCUT2D eigenvalue weighted by Gasteiger charge is 2.48. The highest BCUT2D eigenvalue weighted by atomic mass is 35.5. The van der Waals surface area contributed by atoms with Crippen molar-refractivity contribution in [3.63, 3.8) is 0 Å². The van der Waals surface area contributed by atoms with Gasteiger partial charge in [0.1, 0.15) is 5.75 Å². The van der Waals surface area contributed by atoms with E-state index in [1.54, 1.807) is 37.5 Å². The van der Waals surface area contributed by atoms with Crippen LogP contribution < -0.4 is 10.1 Å². The molecule has 1 fully saturated rings. The Morgan fingerprint density at radius 3 is 2.60 bits per heavy atom. The first-order valence-electron chi connectivity index (χ1n) is 8.13. The lowest BCUT2D eigenvalue weighted by atomic mass is 9.85. The maximum absolute atomic E-state index is 12.4. The molecular formula is C18H19ClN2O4. The molecule has 2 atom stereocenters. The van der Waals surface area contributed by atoms with Crippen molar-refractivity contribution in [1.29, 1.82) is 0 Å². The van der Waals surface area contributed by atoms with Crippen molar-refractivity contribution >= 4 is 35.0 Å². The zero-order chi connectivity index (χ0) is 18.0. The predicted molar refractivity (Wildman–Crippen MR) is 93.1 cm³/mol. The molecule has 25 heavy (non-hydrogen) atoms.